The fourth-order valence-corrected chi connectivity index (χ4v) is 9.92. The first-order valence-corrected chi connectivity index (χ1v) is 15.3. The SMILES string of the molecule is C[C@H](c1cccc([C@H](C)P(c2ccccc2)c2ccccc2)n1)P(c1ccccc1)c1ccccc1. The first kappa shape index (κ1) is 24.6. The van der Waals surface area contributed by atoms with Gasteiger partial charge in [0.2, 0.25) is 0 Å². The van der Waals surface area contributed by atoms with E-state index in [1.54, 1.807) is 0 Å². The van der Waals surface area contributed by atoms with Crippen LogP contribution in [0.2, 0.25) is 0 Å². The molecule has 0 spiro atoms. The standard InChI is InChI=1S/C33H31NP2/c1-26(35(28-16-7-3-8-17-28)29-18-9-4-10-19-29)32-24-15-25-33(34-32)27(2)36(30-20-11-5-12-21-30)31-22-13-6-14-23-31/h3-27H,1-2H3/t26-,27+. The highest BCUT2D eigenvalue weighted by molar-refractivity contribution is 7.73. The molecule has 0 amide bonds. The van der Waals surface area contributed by atoms with Gasteiger partial charge in [0.05, 0.1) is 0 Å². The van der Waals surface area contributed by atoms with Crippen LogP contribution in [-0.2, 0) is 0 Å². The molecule has 1 heterocycles. The lowest BCUT2D eigenvalue weighted by atomic mass is 10.2. The molecule has 5 rings (SSSR count). The van der Waals surface area contributed by atoms with E-state index in [0.717, 1.165) is 0 Å². The van der Waals surface area contributed by atoms with Gasteiger partial charge >= 0.3 is 0 Å². The summed E-state index contributed by atoms with van der Waals surface area (Å²) < 4.78 is 0. The van der Waals surface area contributed by atoms with Gasteiger partial charge in [-0.05, 0) is 49.2 Å². The van der Waals surface area contributed by atoms with Crippen molar-refractivity contribution < 1.29 is 0 Å². The molecule has 1 nitrogen and oxygen atoms in total. The summed E-state index contributed by atoms with van der Waals surface area (Å²) in [5, 5.41) is 5.56. The van der Waals surface area contributed by atoms with E-state index in [2.05, 4.69) is 153 Å². The Labute approximate surface area is 217 Å². The van der Waals surface area contributed by atoms with Crippen LogP contribution in [0, 0.1) is 0 Å². The van der Waals surface area contributed by atoms with Gasteiger partial charge in [-0.15, -0.1) is 0 Å². The van der Waals surface area contributed by atoms with Crippen molar-refractivity contribution in [1.29, 1.82) is 0 Å². The fraction of sp³-hybridized carbons (Fsp3) is 0.121. The number of hydrogen-bond acceptors (Lipinski definition) is 1. The largest absolute Gasteiger partial charge is 0.257 e. The van der Waals surface area contributed by atoms with Gasteiger partial charge in [0.15, 0.2) is 0 Å². The van der Waals surface area contributed by atoms with Gasteiger partial charge in [-0.25, -0.2) is 0 Å². The van der Waals surface area contributed by atoms with Gasteiger partial charge in [0, 0.05) is 22.7 Å². The average molecular weight is 504 g/mol. The molecule has 4 aromatic carbocycles. The first-order chi connectivity index (χ1) is 17.7. The lowest BCUT2D eigenvalue weighted by Gasteiger charge is -2.28. The van der Waals surface area contributed by atoms with Crippen molar-refractivity contribution >= 4 is 37.1 Å². The number of benzene rings is 4. The maximum absolute atomic E-state index is 5.35. The van der Waals surface area contributed by atoms with Crippen LogP contribution in [0.5, 0.6) is 0 Å². The van der Waals surface area contributed by atoms with Crippen molar-refractivity contribution in [1.82, 2.24) is 4.98 Å². The van der Waals surface area contributed by atoms with Gasteiger partial charge in [-0.1, -0.05) is 141 Å². The first-order valence-electron chi connectivity index (χ1n) is 12.5. The van der Waals surface area contributed by atoms with Crippen LogP contribution in [0.25, 0.3) is 0 Å². The minimum absolute atomic E-state index is 0.302. The molecular weight excluding hydrogens is 472 g/mol. The van der Waals surface area contributed by atoms with E-state index in [9.17, 15) is 0 Å². The lowest BCUT2D eigenvalue weighted by Crippen LogP contribution is -2.18. The summed E-state index contributed by atoms with van der Waals surface area (Å²) >= 11 is 0. The Morgan fingerprint density at radius 3 is 0.944 bits per heavy atom. The third kappa shape index (κ3) is 5.49. The van der Waals surface area contributed by atoms with Crippen molar-refractivity contribution in [2.75, 3.05) is 0 Å². The number of nitrogens with zero attached hydrogens (tertiary/aromatic N) is 1. The second-order valence-electron chi connectivity index (χ2n) is 8.92. The maximum atomic E-state index is 5.35. The Balaban J connectivity index is 1.53. The van der Waals surface area contributed by atoms with E-state index in [1.165, 1.54) is 32.6 Å². The van der Waals surface area contributed by atoms with E-state index in [-0.39, 0.29) is 0 Å². The molecule has 0 fully saturated rings. The predicted molar refractivity (Wildman–Crippen MR) is 159 cm³/mol. The van der Waals surface area contributed by atoms with Crippen molar-refractivity contribution in [2.24, 2.45) is 0 Å². The molecule has 0 bridgehead atoms. The van der Waals surface area contributed by atoms with Crippen molar-refractivity contribution in [2.45, 2.75) is 25.2 Å². The molecule has 0 saturated carbocycles. The van der Waals surface area contributed by atoms with Gasteiger partial charge in [-0.3, -0.25) is 4.98 Å². The Kier molecular flexibility index (Phi) is 8.02. The zero-order chi connectivity index (χ0) is 24.7. The summed E-state index contributed by atoms with van der Waals surface area (Å²) in [4.78, 5) is 5.35. The minimum atomic E-state index is -0.580. The molecular formula is C33H31NP2. The minimum Gasteiger partial charge on any atom is -0.257 e. The molecule has 3 heteroatoms. The highest BCUT2D eigenvalue weighted by Gasteiger charge is 2.26. The normalized spacial score (nSPS) is 13.0. The van der Waals surface area contributed by atoms with Crippen LogP contribution in [0.4, 0.5) is 0 Å². The van der Waals surface area contributed by atoms with E-state index in [4.69, 9.17) is 4.98 Å². The van der Waals surface area contributed by atoms with Crippen LogP contribution < -0.4 is 21.2 Å². The lowest BCUT2D eigenvalue weighted by molar-refractivity contribution is 0.921. The third-order valence-electron chi connectivity index (χ3n) is 6.56. The van der Waals surface area contributed by atoms with Crippen LogP contribution in [0.1, 0.15) is 36.6 Å². The summed E-state index contributed by atoms with van der Waals surface area (Å²) in [6, 6.07) is 50.4. The van der Waals surface area contributed by atoms with Crippen molar-refractivity contribution in [3.63, 3.8) is 0 Å². The third-order valence-corrected chi connectivity index (χ3v) is 12.1. The highest BCUT2D eigenvalue weighted by Crippen LogP contribution is 2.51. The number of aromatic nitrogens is 1. The van der Waals surface area contributed by atoms with Gasteiger partial charge in [0.25, 0.3) is 0 Å². The molecule has 5 aromatic rings. The molecule has 0 aliphatic rings. The quantitative estimate of drug-likeness (QED) is 0.200. The molecule has 0 aliphatic heterocycles. The van der Waals surface area contributed by atoms with Crippen LogP contribution in [0.15, 0.2) is 140 Å². The van der Waals surface area contributed by atoms with E-state index in [1.807, 2.05) is 0 Å². The molecule has 178 valence electrons. The van der Waals surface area contributed by atoms with E-state index < -0.39 is 15.8 Å². The Morgan fingerprint density at radius 2 is 0.667 bits per heavy atom. The Hall–Kier alpha value is -3.11. The van der Waals surface area contributed by atoms with Crippen molar-refractivity contribution in [3.05, 3.63) is 151 Å². The zero-order valence-corrected chi connectivity index (χ0v) is 22.6. The highest BCUT2D eigenvalue weighted by atomic mass is 31.1. The molecule has 0 radical (unpaired) electrons. The second-order valence-corrected chi connectivity index (χ2v) is 14.0. The summed E-state index contributed by atoms with van der Waals surface area (Å²) in [7, 11) is -1.16. The van der Waals surface area contributed by atoms with Crippen LogP contribution in [-0.4, -0.2) is 4.98 Å². The summed E-state index contributed by atoms with van der Waals surface area (Å²) in [5.74, 6) is 0. The van der Waals surface area contributed by atoms with E-state index in [0.29, 0.717) is 11.3 Å². The number of rotatable bonds is 8. The predicted octanol–water partition coefficient (Wildman–Crippen LogP) is 7.47. The average Bonchev–Trinajstić information content (AvgIpc) is 2.96. The molecule has 2 atom stereocenters. The van der Waals surface area contributed by atoms with Gasteiger partial charge in [-0.2, -0.15) is 0 Å². The summed E-state index contributed by atoms with van der Waals surface area (Å²) in [6.45, 7) is 4.69. The Morgan fingerprint density at radius 1 is 0.389 bits per heavy atom. The zero-order valence-electron chi connectivity index (χ0n) is 20.8. The Bertz CT molecular complexity index is 1180. The van der Waals surface area contributed by atoms with Crippen LogP contribution >= 0.6 is 15.8 Å². The number of pyridine rings is 1. The smallest absolute Gasteiger partial charge is 0.0484 e. The molecule has 0 aliphatic carbocycles. The molecule has 36 heavy (non-hydrogen) atoms. The van der Waals surface area contributed by atoms with Crippen LogP contribution in [0.3, 0.4) is 0 Å². The van der Waals surface area contributed by atoms with Crippen molar-refractivity contribution in [3.8, 4) is 0 Å². The maximum Gasteiger partial charge on any atom is 0.0484 e. The molecule has 0 unspecified atom stereocenters. The summed E-state index contributed by atoms with van der Waals surface area (Å²) in [5.41, 5.74) is 2.96. The topological polar surface area (TPSA) is 12.9 Å². The number of hydrogen-bond donors (Lipinski definition) is 0. The van der Waals surface area contributed by atoms with Gasteiger partial charge in [0.1, 0.15) is 0 Å². The summed E-state index contributed by atoms with van der Waals surface area (Å²) in [6.07, 6.45) is 0. The second kappa shape index (κ2) is 11.7. The molecule has 0 saturated heterocycles. The molecule has 1 aromatic heterocycles. The monoisotopic (exact) mass is 503 g/mol. The molecule has 0 N–H and O–H groups in total. The van der Waals surface area contributed by atoms with Gasteiger partial charge < -0.3 is 0 Å². The van der Waals surface area contributed by atoms with E-state index >= 15 is 0 Å². The fourth-order valence-electron chi connectivity index (χ4n) is 4.75.